The zero-order valence-electron chi connectivity index (χ0n) is 17.6. The number of aliphatic imine (C=N–C) groups is 1. The Hall–Kier alpha value is -0.920. The second kappa shape index (κ2) is 7.60. The minimum atomic E-state index is -3.29. The molecule has 150 valence electrons. The summed E-state index contributed by atoms with van der Waals surface area (Å²) in [5, 5.41) is 0. The van der Waals surface area contributed by atoms with Crippen molar-refractivity contribution in [3.05, 3.63) is 11.3 Å². The quantitative estimate of drug-likeness (QED) is 0.763. The van der Waals surface area contributed by atoms with Gasteiger partial charge in [0.05, 0.1) is 11.8 Å². The first kappa shape index (κ1) is 21.4. The molecule has 0 saturated carbocycles. The molecule has 0 aromatic carbocycles. The fraction of sp³-hybridized carbons (Fsp3) is 0.842. The first-order valence-electron chi connectivity index (χ1n) is 9.55. The number of fused-ring (bicyclic) bond motifs is 1. The third kappa shape index (κ3) is 4.87. The monoisotopic (exact) mass is 384 g/mol. The highest BCUT2D eigenvalue weighted by Crippen LogP contribution is 2.41. The second-order valence-corrected chi connectivity index (χ2v) is 11.1. The molecule has 0 unspecified atom stereocenters. The molecule has 1 saturated heterocycles. The molecule has 7 heteroatoms. The van der Waals surface area contributed by atoms with Gasteiger partial charge in [-0.15, -0.1) is 0 Å². The van der Waals surface area contributed by atoms with Crippen molar-refractivity contribution in [1.82, 2.24) is 14.5 Å². The summed E-state index contributed by atoms with van der Waals surface area (Å²) in [6, 6.07) is 0.0477. The Morgan fingerprint density at radius 1 is 1.31 bits per heavy atom. The van der Waals surface area contributed by atoms with Gasteiger partial charge in [0, 0.05) is 37.2 Å². The third-order valence-electron chi connectivity index (χ3n) is 4.98. The van der Waals surface area contributed by atoms with Crippen molar-refractivity contribution in [2.24, 2.45) is 16.3 Å². The van der Waals surface area contributed by atoms with Crippen LogP contribution in [0.1, 0.15) is 48.0 Å². The molecule has 0 amide bonds. The topological polar surface area (TPSA) is 65.0 Å². The Bertz CT molecular complexity index is 687. The van der Waals surface area contributed by atoms with Crippen LogP contribution in [0.4, 0.5) is 0 Å². The predicted molar refractivity (Wildman–Crippen MR) is 109 cm³/mol. The van der Waals surface area contributed by atoms with Crippen molar-refractivity contribution in [2.75, 3.05) is 32.9 Å². The highest BCUT2D eigenvalue weighted by Gasteiger charge is 2.41. The van der Waals surface area contributed by atoms with Crippen molar-refractivity contribution in [1.29, 1.82) is 0 Å². The summed E-state index contributed by atoms with van der Waals surface area (Å²) in [5.74, 6) is 1.52. The van der Waals surface area contributed by atoms with E-state index in [-0.39, 0.29) is 23.3 Å². The summed E-state index contributed by atoms with van der Waals surface area (Å²) in [4.78, 5) is 9.12. The van der Waals surface area contributed by atoms with Crippen molar-refractivity contribution < 1.29 is 8.42 Å². The lowest BCUT2D eigenvalue weighted by molar-refractivity contribution is 0.414. The van der Waals surface area contributed by atoms with Crippen molar-refractivity contribution in [2.45, 2.75) is 60.0 Å². The van der Waals surface area contributed by atoms with Crippen LogP contribution < -0.4 is 4.72 Å². The van der Waals surface area contributed by atoms with E-state index in [4.69, 9.17) is 4.99 Å². The molecule has 2 heterocycles. The molecule has 2 aliphatic rings. The molecule has 2 rings (SSSR count). The summed E-state index contributed by atoms with van der Waals surface area (Å²) < 4.78 is 27.8. The molecule has 1 fully saturated rings. The van der Waals surface area contributed by atoms with E-state index in [0.717, 1.165) is 12.3 Å². The Morgan fingerprint density at radius 2 is 1.92 bits per heavy atom. The van der Waals surface area contributed by atoms with E-state index in [9.17, 15) is 8.42 Å². The van der Waals surface area contributed by atoms with Crippen LogP contribution in [-0.2, 0) is 10.0 Å². The van der Waals surface area contributed by atoms with Gasteiger partial charge < -0.3 is 9.80 Å². The van der Waals surface area contributed by atoms with E-state index in [1.807, 2.05) is 19.0 Å². The molecular weight excluding hydrogens is 348 g/mol. The molecule has 0 aromatic rings. The Labute approximate surface area is 159 Å². The first-order chi connectivity index (χ1) is 11.8. The van der Waals surface area contributed by atoms with Gasteiger partial charge in [0.1, 0.15) is 5.84 Å². The number of hydrogen-bond donors (Lipinski definition) is 1. The summed E-state index contributed by atoms with van der Waals surface area (Å²) in [7, 11) is 0.487. The van der Waals surface area contributed by atoms with Gasteiger partial charge in [-0.2, -0.15) is 0 Å². The maximum absolute atomic E-state index is 12.5. The maximum atomic E-state index is 12.5. The van der Waals surface area contributed by atoms with Gasteiger partial charge in [0.25, 0.3) is 0 Å². The molecule has 2 aliphatic heterocycles. The van der Waals surface area contributed by atoms with Crippen LogP contribution >= 0.6 is 0 Å². The zero-order valence-corrected chi connectivity index (χ0v) is 18.4. The molecule has 0 bridgehead atoms. The molecular formula is C19H36N4O2S. The largest absolute Gasteiger partial charge is 0.332 e. The summed E-state index contributed by atoms with van der Waals surface area (Å²) in [6.45, 7) is 14.3. The second-order valence-electron chi connectivity index (χ2n) is 9.18. The number of nitrogens with zero attached hydrogens (tertiary/aromatic N) is 3. The van der Waals surface area contributed by atoms with Crippen LogP contribution in [0.25, 0.3) is 0 Å². The minimum Gasteiger partial charge on any atom is -0.332 e. The molecule has 0 spiro atoms. The highest BCUT2D eigenvalue weighted by molar-refractivity contribution is 7.89. The van der Waals surface area contributed by atoms with Gasteiger partial charge in [-0.1, -0.05) is 34.6 Å². The summed E-state index contributed by atoms with van der Waals surface area (Å²) in [6.07, 6.45) is 0.740. The average molecular weight is 385 g/mol. The Morgan fingerprint density at radius 3 is 2.42 bits per heavy atom. The minimum absolute atomic E-state index is 0.0116. The molecule has 26 heavy (non-hydrogen) atoms. The number of sulfonamides is 1. The van der Waals surface area contributed by atoms with Crippen molar-refractivity contribution in [3.8, 4) is 0 Å². The fourth-order valence-corrected chi connectivity index (χ4v) is 5.40. The smallest absolute Gasteiger partial charge is 0.213 e. The lowest BCUT2D eigenvalue weighted by Crippen LogP contribution is -2.43. The predicted octanol–water partition coefficient (Wildman–Crippen LogP) is 2.30. The Balaban J connectivity index is 2.28. The lowest BCUT2D eigenvalue weighted by atomic mass is 9.79. The number of nitrogens with one attached hydrogen (secondary N) is 1. The number of rotatable bonds is 6. The highest BCUT2D eigenvalue weighted by atomic mass is 32.2. The van der Waals surface area contributed by atoms with Gasteiger partial charge in [-0.3, -0.25) is 4.99 Å². The van der Waals surface area contributed by atoms with Gasteiger partial charge in [0.15, 0.2) is 0 Å². The van der Waals surface area contributed by atoms with Crippen LogP contribution in [-0.4, -0.2) is 69.1 Å². The molecule has 0 aliphatic carbocycles. The average Bonchev–Trinajstić information content (AvgIpc) is 2.84. The van der Waals surface area contributed by atoms with E-state index in [0.29, 0.717) is 19.0 Å². The van der Waals surface area contributed by atoms with Gasteiger partial charge in [-0.25, -0.2) is 13.1 Å². The first-order valence-corrected chi connectivity index (χ1v) is 11.2. The third-order valence-corrected chi connectivity index (χ3v) is 6.39. The molecule has 2 atom stereocenters. The summed E-state index contributed by atoms with van der Waals surface area (Å²) >= 11 is 0. The van der Waals surface area contributed by atoms with Gasteiger partial charge in [-0.05, 0) is 32.0 Å². The van der Waals surface area contributed by atoms with Crippen LogP contribution in [0.15, 0.2) is 16.3 Å². The Kier molecular flexibility index (Phi) is 6.25. The molecule has 1 N–H and O–H groups in total. The van der Waals surface area contributed by atoms with Gasteiger partial charge >= 0.3 is 0 Å². The van der Waals surface area contributed by atoms with Crippen LogP contribution in [0, 0.1) is 11.3 Å². The molecule has 6 nitrogen and oxygen atoms in total. The van der Waals surface area contributed by atoms with E-state index in [2.05, 4.69) is 51.2 Å². The van der Waals surface area contributed by atoms with Gasteiger partial charge in [0.2, 0.25) is 10.0 Å². The molecule has 0 radical (unpaired) electrons. The zero-order chi connectivity index (χ0) is 19.9. The SMILES string of the molecule is CC(C)C1=N[C@@H](C)C(C(C)(C)C)=C2C[C@H](NS(=O)(=O)CCN(C)C)CN12. The maximum Gasteiger partial charge on any atom is 0.213 e. The number of amidine groups is 1. The van der Waals surface area contributed by atoms with E-state index < -0.39 is 10.0 Å². The van der Waals surface area contributed by atoms with Crippen LogP contribution in [0.2, 0.25) is 0 Å². The lowest BCUT2D eigenvalue weighted by Gasteiger charge is -2.38. The van der Waals surface area contributed by atoms with E-state index in [1.165, 1.54) is 11.3 Å². The van der Waals surface area contributed by atoms with E-state index in [1.54, 1.807) is 0 Å². The number of hydrogen-bond acceptors (Lipinski definition) is 5. The normalized spacial score (nSPS) is 24.5. The fourth-order valence-electron chi connectivity index (χ4n) is 4.01. The van der Waals surface area contributed by atoms with Crippen molar-refractivity contribution in [3.63, 3.8) is 0 Å². The van der Waals surface area contributed by atoms with Crippen LogP contribution in [0.3, 0.4) is 0 Å². The standard InChI is InChI=1S/C19H36N4O2S/c1-13(2)18-20-14(3)17(19(4,5)6)16-11-15(12-23(16)18)21-26(24,25)10-9-22(7)8/h13-15,21H,9-12H2,1-8H3/t14-,15-/m0/s1. The summed E-state index contributed by atoms with van der Waals surface area (Å²) in [5.41, 5.74) is 2.61. The van der Waals surface area contributed by atoms with E-state index >= 15 is 0 Å². The molecule has 0 aromatic heterocycles. The van der Waals surface area contributed by atoms with Crippen molar-refractivity contribution >= 4 is 15.9 Å². The van der Waals surface area contributed by atoms with Crippen LogP contribution in [0.5, 0.6) is 0 Å².